The van der Waals surface area contributed by atoms with Crippen molar-refractivity contribution < 1.29 is 4.74 Å². The van der Waals surface area contributed by atoms with Gasteiger partial charge in [0.25, 0.3) is 0 Å². The van der Waals surface area contributed by atoms with E-state index < -0.39 is 0 Å². The molecule has 0 saturated heterocycles. The van der Waals surface area contributed by atoms with Crippen LogP contribution in [-0.2, 0) is 13.7 Å². The number of ether oxygens (including phenoxy) is 1. The van der Waals surface area contributed by atoms with Gasteiger partial charge in [0, 0.05) is 7.05 Å². The van der Waals surface area contributed by atoms with Crippen LogP contribution in [0.25, 0.3) is 0 Å². The molecule has 0 aliphatic rings. The molecule has 0 saturated carbocycles. The molecule has 0 N–H and O–H groups in total. The van der Waals surface area contributed by atoms with Crippen molar-refractivity contribution >= 4 is 11.6 Å². The van der Waals surface area contributed by atoms with Crippen LogP contribution >= 0.6 is 11.6 Å². The normalized spacial score (nSPS) is 10.7. The number of halogens is 1. The van der Waals surface area contributed by atoms with Crippen molar-refractivity contribution in [1.29, 1.82) is 0 Å². The molecule has 0 fully saturated rings. The third-order valence-corrected chi connectivity index (χ3v) is 3.52. The second-order valence-corrected chi connectivity index (χ2v) is 4.86. The van der Waals surface area contributed by atoms with Crippen LogP contribution in [0, 0.1) is 20.8 Å². The fraction of sp³-hybridized carbons (Fsp3) is 0.357. The number of aryl methyl sites for hydroxylation is 4. The van der Waals surface area contributed by atoms with Crippen molar-refractivity contribution in [2.75, 3.05) is 0 Å². The van der Waals surface area contributed by atoms with Crippen molar-refractivity contribution in [2.24, 2.45) is 7.05 Å². The van der Waals surface area contributed by atoms with Gasteiger partial charge in [-0.05, 0) is 31.9 Å². The van der Waals surface area contributed by atoms with E-state index in [4.69, 9.17) is 16.3 Å². The predicted octanol–water partition coefficient (Wildman–Crippen LogP) is 3.58. The highest BCUT2D eigenvalue weighted by Gasteiger charge is 2.12. The fourth-order valence-electron chi connectivity index (χ4n) is 2.00. The van der Waals surface area contributed by atoms with Gasteiger partial charge in [-0.15, -0.1) is 0 Å². The summed E-state index contributed by atoms with van der Waals surface area (Å²) < 4.78 is 7.65. The molecule has 2 aromatic rings. The third-order valence-electron chi connectivity index (χ3n) is 3.02. The predicted molar refractivity (Wildman–Crippen MR) is 73.2 cm³/mol. The van der Waals surface area contributed by atoms with Crippen LogP contribution in [0.1, 0.15) is 22.5 Å². The van der Waals surface area contributed by atoms with Crippen LogP contribution in [0.4, 0.5) is 0 Å². The quantitative estimate of drug-likeness (QED) is 0.847. The maximum atomic E-state index is 6.20. The molecule has 0 unspecified atom stereocenters. The third kappa shape index (κ3) is 2.36. The Morgan fingerprint density at radius 2 is 1.83 bits per heavy atom. The molecule has 0 amide bonds. The number of para-hydroxylation sites is 1. The largest absolute Gasteiger partial charge is 0.487 e. The number of hydrogen-bond donors (Lipinski definition) is 0. The van der Waals surface area contributed by atoms with Crippen molar-refractivity contribution in [3.05, 3.63) is 45.7 Å². The Morgan fingerprint density at radius 3 is 2.33 bits per heavy atom. The molecule has 2 rings (SSSR count). The van der Waals surface area contributed by atoms with Gasteiger partial charge in [0.2, 0.25) is 0 Å². The summed E-state index contributed by atoms with van der Waals surface area (Å²) in [6.07, 6.45) is 0. The minimum Gasteiger partial charge on any atom is -0.487 e. The summed E-state index contributed by atoms with van der Waals surface area (Å²) in [6.45, 7) is 6.41. The van der Waals surface area contributed by atoms with E-state index in [1.807, 2.05) is 46.0 Å². The lowest BCUT2D eigenvalue weighted by molar-refractivity contribution is 0.291. The molecule has 0 bridgehead atoms. The number of aromatic nitrogens is 2. The molecule has 0 atom stereocenters. The first-order valence-corrected chi connectivity index (χ1v) is 6.25. The molecule has 3 nitrogen and oxygen atoms in total. The fourth-order valence-corrected chi connectivity index (χ4v) is 2.22. The van der Waals surface area contributed by atoms with Gasteiger partial charge in [-0.25, -0.2) is 0 Å². The minimum absolute atomic E-state index is 0.432. The maximum Gasteiger partial charge on any atom is 0.131 e. The standard InChI is InChI=1S/C14H17ClN2O/c1-9-6-5-7-10(2)14(9)18-8-12-13(15)11(3)16-17(12)4/h5-7H,8H2,1-4H3. The van der Waals surface area contributed by atoms with Crippen molar-refractivity contribution in [2.45, 2.75) is 27.4 Å². The van der Waals surface area contributed by atoms with Gasteiger partial charge < -0.3 is 4.74 Å². The van der Waals surface area contributed by atoms with Gasteiger partial charge in [-0.3, -0.25) is 4.68 Å². The summed E-state index contributed by atoms with van der Waals surface area (Å²) in [5.41, 5.74) is 3.99. The summed E-state index contributed by atoms with van der Waals surface area (Å²) in [5.74, 6) is 0.924. The topological polar surface area (TPSA) is 27.1 Å². The molecular weight excluding hydrogens is 248 g/mol. The van der Waals surface area contributed by atoms with Gasteiger partial charge in [0.15, 0.2) is 0 Å². The smallest absolute Gasteiger partial charge is 0.131 e. The molecule has 0 aliphatic carbocycles. The summed E-state index contributed by atoms with van der Waals surface area (Å²) >= 11 is 6.20. The monoisotopic (exact) mass is 264 g/mol. The Morgan fingerprint density at radius 1 is 1.22 bits per heavy atom. The second kappa shape index (κ2) is 5.02. The van der Waals surface area contributed by atoms with Crippen LogP contribution < -0.4 is 4.74 Å². The number of benzene rings is 1. The summed E-state index contributed by atoms with van der Waals surface area (Å²) in [7, 11) is 1.88. The molecule has 0 radical (unpaired) electrons. The first-order chi connectivity index (χ1) is 8.50. The Balaban J connectivity index is 2.22. The highest BCUT2D eigenvalue weighted by molar-refractivity contribution is 6.31. The Hall–Kier alpha value is -1.48. The van der Waals surface area contributed by atoms with Crippen LogP contribution in [0.3, 0.4) is 0 Å². The van der Waals surface area contributed by atoms with Crippen LogP contribution in [0.2, 0.25) is 5.02 Å². The van der Waals surface area contributed by atoms with Gasteiger partial charge in [-0.2, -0.15) is 5.10 Å². The maximum absolute atomic E-state index is 6.20. The van der Waals surface area contributed by atoms with E-state index in [0.717, 1.165) is 28.3 Å². The average molecular weight is 265 g/mol. The van der Waals surface area contributed by atoms with E-state index in [0.29, 0.717) is 11.6 Å². The number of nitrogens with zero attached hydrogens (tertiary/aromatic N) is 2. The molecular formula is C14H17ClN2O. The van der Waals surface area contributed by atoms with E-state index in [9.17, 15) is 0 Å². The molecule has 0 spiro atoms. The number of rotatable bonds is 3. The first-order valence-electron chi connectivity index (χ1n) is 5.87. The van der Waals surface area contributed by atoms with E-state index in [-0.39, 0.29) is 0 Å². The molecule has 0 aliphatic heterocycles. The molecule has 1 aromatic carbocycles. The van der Waals surface area contributed by atoms with Crippen molar-refractivity contribution in [3.8, 4) is 5.75 Å². The SMILES string of the molecule is Cc1cccc(C)c1OCc1c(Cl)c(C)nn1C. The zero-order valence-corrected chi connectivity index (χ0v) is 11.9. The molecule has 4 heteroatoms. The van der Waals surface area contributed by atoms with Crippen LogP contribution in [0.5, 0.6) is 5.75 Å². The van der Waals surface area contributed by atoms with Crippen molar-refractivity contribution in [3.63, 3.8) is 0 Å². The average Bonchev–Trinajstić information content (AvgIpc) is 2.54. The highest BCUT2D eigenvalue weighted by Crippen LogP contribution is 2.25. The minimum atomic E-state index is 0.432. The zero-order valence-electron chi connectivity index (χ0n) is 11.1. The lowest BCUT2D eigenvalue weighted by Crippen LogP contribution is -2.05. The van der Waals surface area contributed by atoms with E-state index in [1.165, 1.54) is 0 Å². The van der Waals surface area contributed by atoms with Gasteiger partial charge in [-0.1, -0.05) is 29.8 Å². The molecule has 18 heavy (non-hydrogen) atoms. The van der Waals surface area contributed by atoms with Crippen molar-refractivity contribution in [1.82, 2.24) is 9.78 Å². The Kier molecular flexibility index (Phi) is 3.62. The lowest BCUT2D eigenvalue weighted by atomic mass is 10.1. The van der Waals surface area contributed by atoms with Crippen LogP contribution in [0.15, 0.2) is 18.2 Å². The summed E-state index contributed by atoms with van der Waals surface area (Å²) in [6, 6.07) is 6.11. The van der Waals surface area contributed by atoms with E-state index in [2.05, 4.69) is 5.10 Å². The van der Waals surface area contributed by atoms with Gasteiger partial charge >= 0.3 is 0 Å². The van der Waals surface area contributed by atoms with E-state index >= 15 is 0 Å². The lowest BCUT2D eigenvalue weighted by Gasteiger charge is -2.12. The second-order valence-electron chi connectivity index (χ2n) is 4.48. The van der Waals surface area contributed by atoms with Gasteiger partial charge in [0.1, 0.15) is 12.4 Å². The zero-order chi connectivity index (χ0) is 13.3. The summed E-state index contributed by atoms with van der Waals surface area (Å²) in [5, 5.41) is 4.96. The first kappa shape index (κ1) is 13.0. The Labute approximate surface area is 112 Å². The van der Waals surface area contributed by atoms with Crippen LogP contribution in [-0.4, -0.2) is 9.78 Å². The molecule has 96 valence electrons. The van der Waals surface area contributed by atoms with E-state index in [1.54, 1.807) is 4.68 Å². The summed E-state index contributed by atoms with van der Waals surface area (Å²) in [4.78, 5) is 0. The Bertz CT molecular complexity index is 555. The molecule has 1 heterocycles. The molecule has 1 aromatic heterocycles. The highest BCUT2D eigenvalue weighted by atomic mass is 35.5. The number of hydrogen-bond acceptors (Lipinski definition) is 2. The van der Waals surface area contributed by atoms with Gasteiger partial charge in [0.05, 0.1) is 16.4 Å².